The number of nitrogens with one attached hydrogen (secondary N) is 1. The summed E-state index contributed by atoms with van der Waals surface area (Å²) in [5, 5.41) is 27.5. The maximum absolute atomic E-state index is 5.25. The minimum Gasteiger partial charge on any atom is -0.360 e. The monoisotopic (exact) mass is 1450 g/mol. The van der Waals surface area contributed by atoms with Crippen molar-refractivity contribution in [1.29, 1.82) is 0 Å². The van der Waals surface area contributed by atoms with Gasteiger partial charge in [-0.05, 0) is 33.4 Å². The number of likely N-dealkylation sites (N-methyl/N-ethyl adjacent to an activating group) is 2. The molecule has 1 N–H and O–H groups in total. The Morgan fingerprint density at radius 2 is 0.990 bits per heavy atom. The third-order valence-corrected chi connectivity index (χ3v) is 12.7. The fourth-order valence-corrected chi connectivity index (χ4v) is 5.71. The minimum atomic E-state index is 0.127. The van der Waals surface area contributed by atoms with E-state index in [1.807, 2.05) is 265 Å². The van der Waals surface area contributed by atoms with Crippen LogP contribution in [0.25, 0.3) is 0 Å². The first-order valence-electron chi connectivity index (χ1n) is 34.9. The average molecular weight is 1460 g/mol. The molecule has 29 heteroatoms. The predicted molar refractivity (Wildman–Crippen MR) is 456 cm³/mol. The summed E-state index contributed by atoms with van der Waals surface area (Å²) in [6.07, 6.45) is 24.2. The predicted octanol–water partition coefficient (Wildman–Crippen LogP) is 15.2. The van der Waals surface area contributed by atoms with Crippen molar-refractivity contribution in [1.82, 2.24) is 74.4 Å². The van der Waals surface area contributed by atoms with E-state index < -0.39 is 0 Å². The van der Waals surface area contributed by atoms with E-state index in [0.29, 0.717) is 11.7 Å². The van der Waals surface area contributed by atoms with Crippen LogP contribution in [0.4, 0.5) is 0 Å². The third-order valence-electron chi connectivity index (χ3n) is 12.7. The van der Waals surface area contributed by atoms with Gasteiger partial charge >= 0.3 is 0 Å². The normalized spacial score (nSPS) is 16.8. The van der Waals surface area contributed by atoms with E-state index in [1.165, 1.54) is 6.34 Å². The van der Waals surface area contributed by atoms with Gasteiger partial charge in [0.15, 0.2) is 6.23 Å². The van der Waals surface area contributed by atoms with Gasteiger partial charge in [-0.2, -0.15) is 15.3 Å². The molecule has 590 valence electrons. The Hall–Kier alpha value is -10.6. The van der Waals surface area contributed by atoms with Crippen molar-refractivity contribution < 1.29 is 9.68 Å². The van der Waals surface area contributed by atoms with E-state index in [-0.39, 0.29) is 6.23 Å². The molecule has 0 saturated carbocycles. The van der Waals surface area contributed by atoms with Gasteiger partial charge in [0.25, 0.3) is 0 Å². The van der Waals surface area contributed by atoms with Crippen LogP contribution in [-0.4, -0.2) is 255 Å². The van der Waals surface area contributed by atoms with Gasteiger partial charge in [0, 0.05) is 155 Å². The van der Waals surface area contributed by atoms with Crippen molar-refractivity contribution in [2.75, 3.05) is 118 Å². The zero-order chi connectivity index (χ0) is 82.8. The number of azo groups is 1. The van der Waals surface area contributed by atoms with Crippen molar-refractivity contribution in [2.45, 2.75) is 138 Å². The lowest BCUT2D eigenvalue weighted by Gasteiger charge is -2.14. The number of aliphatic imine (C=N–C) groups is 6. The van der Waals surface area contributed by atoms with Gasteiger partial charge in [0.05, 0.1) is 42.5 Å². The number of hydrogen-bond acceptors (Lipinski definition) is 29. The maximum Gasteiger partial charge on any atom is 0.223 e. The molecule has 2 fully saturated rings. The summed E-state index contributed by atoms with van der Waals surface area (Å²) in [5.41, 5.74) is 4.60. The van der Waals surface area contributed by atoms with E-state index >= 15 is 0 Å². The lowest BCUT2D eigenvalue weighted by Crippen LogP contribution is -2.24. The lowest BCUT2D eigenvalue weighted by molar-refractivity contribution is -0.117. The second kappa shape index (κ2) is 69.5. The van der Waals surface area contributed by atoms with Crippen molar-refractivity contribution in [3.05, 3.63) is 173 Å². The van der Waals surface area contributed by atoms with Gasteiger partial charge < -0.3 is 53.8 Å². The highest BCUT2D eigenvalue weighted by atomic mass is 16.7. The van der Waals surface area contributed by atoms with Gasteiger partial charge in [0.1, 0.15) is 71.4 Å². The van der Waals surface area contributed by atoms with E-state index in [0.717, 1.165) is 83.4 Å². The number of hydrazone groups is 1. The van der Waals surface area contributed by atoms with Crippen LogP contribution in [0.3, 0.4) is 0 Å². The van der Waals surface area contributed by atoms with E-state index in [2.05, 4.69) is 162 Å². The molecule has 0 radical (unpaired) electrons. The number of allylic oxidation sites excluding steroid dienone is 3. The highest BCUT2D eigenvalue weighted by molar-refractivity contribution is 5.84. The van der Waals surface area contributed by atoms with Gasteiger partial charge in [-0.3, -0.25) is 25.3 Å². The lowest BCUT2D eigenvalue weighted by atomic mass is 10.4. The fourth-order valence-electron chi connectivity index (χ4n) is 5.71. The number of amidine groups is 2. The molecule has 11 heterocycles. The molecule has 1 unspecified atom stereocenters. The second-order valence-corrected chi connectivity index (χ2v) is 19.3. The summed E-state index contributed by atoms with van der Waals surface area (Å²) in [5.74, 6) is 9.17. The Morgan fingerprint density at radius 3 is 1.19 bits per heavy atom. The Morgan fingerprint density at radius 1 is 0.471 bits per heavy atom. The Labute approximate surface area is 633 Å². The first-order chi connectivity index (χ1) is 49.3. The van der Waals surface area contributed by atoms with Crippen molar-refractivity contribution in [2.24, 2.45) is 60.6 Å². The molecule has 1 atom stereocenters. The SMILES string of the molecule is C=C1C=NC=CN1C.C=C1C=NN=CN1C.C=C1N(C)CCN1C.C=C1N(C)N=C(C)N1C.C=C1N(C)OC(C)N1C.C=C1N=CC=CN1C.C=C1N=CCN1C.C=C1N=CN=CN1C.C=C1N=CNN1C.C=C1N=NC=CN1C.C=C1ON=C(C)N1C.CC.CC.CC.CC.CC.CC.CC.CC. The standard InChI is InChI=1S/C6H11N3.C6H12N2O.C6H12N2.2C6H8N2.3C5H7N3.C5H8N2O.C5H8N2.C4H7N3.8C2H6/c1-5-7-9(4)6(2)8(5)3;1-5-7(3)6(2)9-8(5)4;1-6-7(2)4-5-8(6)3;1-6-5-7-3-4-8(6)2;1-6-7-4-3-5-8(6)2;1-5-7-3-6-4-8(5)2;1-5-3-6-7-4-8(5)2;1-5-7-6-3-4-8(5)2;1-4-6-8-5(2)7(4)3;1-5-6-3-4-7(5)2;1-4-5-3-6-7(4)2;8*1-2/h2H2,1,3-4H3;6H,1H2,2-4H3;1,4-5H2,2-3H3;2*3-5H,1H2,2H3;3*3-4H,1H2,2H3;2H2,1,3H3;3H,1,4H2,2H3;3H,1H2,2H3,(H,5,6);8*1-2H3. The molecule has 0 bridgehead atoms. The molecule has 0 aromatic rings. The molecular weight excluding hydrogens is 1310 g/mol. The summed E-state index contributed by atoms with van der Waals surface area (Å²) >= 11 is 0. The molecule has 0 aromatic heterocycles. The van der Waals surface area contributed by atoms with Gasteiger partial charge in [-0.1, -0.05) is 182 Å². The molecule has 0 aliphatic carbocycles. The number of nitrogens with zero attached hydrogens (tertiary/aromatic N) is 26. The molecule has 11 rings (SSSR count). The molecule has 11 aliphatic rings. The first kappa shape index (κ1) is 109. The second-order valence-electron chi connectivity index (χ2n) is 19.3. The zero-order valence-electron chi connectivity index (χ0n) is 71.0. The highest BCUT2D eigenvalue weighted by Gasteiger charge is 2.24. The third kappa shape index (κ3) is 49.9. The topological polar surface area (TPSA) is 224 Å². The van der Waals surface area contributed by atoms with Crippen LogP contribution in [0.5, 0.6) is 0 Å². The van der Waals surface area contributed by atoms with E-state index in [1.54, 1.807) is 90.9 Å². The summed E-state index contributed by atoms with van der Waals surface area (Å²) in [6, 6.07) is 0. The summed E-state index contributed by atoms with van der Waals surface area (Å²) in [4.78, 5) is 54.2. The van der Waals surface area contributed by atoms with Gasteiger partial charge in [-0.15, -0.1) is 10.2 Å². The summed E-state index contributed by atoms with van der Waals surface area (Å²) in [6.45, 7) is 81.6. The molecule has 2 saturated heterocycles. The van der Waals surface area contributed by atoms with Crippen molar-refractivity contribution >= 4 is 61.9 Å². The number of hydrazine groups is 1. The number of rotatable bonds is 0. The van der Waals surface area contributed by atoms with Crippen LogP contribution in [0.1, 0.15) is 132 Å². The van der Waals surface area contributed by atoms with Crippen LogP contribution < -0.4 is 5.43 Å². The van der Waals surface area contributed by atoms with E-state index in [4.69, 9.17) is 9.68 Å². The van der Waals surface area contributed by atoms with Gasteiger partial charge in [-0.25, -0.2) is 34.9 Å². The van der Waals surface area contributed by atoms with Crippen LogP contribution in [0.15, 0.2) is 234 Å². The summed E-state index contributed by atoms with van der Waals surface area (Å²) < 4.78 is 0. The quantitative estimate of drug-likeness (QED) is 0.238. The molecule has 29 nitrogen and oxygen atoms in total. The Bertz CT molecular complexity index is 2660. The largest absolute Gasteiger partial charge is 0.360 e. The average Bonchev–Trinajstić information content (AvgIpc) is 1.73. The molecule has 11 aliphatic heterocycles. The smallest absolute Gasteiger partial charge is 0.223 e. The van der Waals surface area contributed by atoms with E-state index in [9.17, 15) is 0 Å². The first-order valence-corrected chi connectivity index (χ1v) is 34.9. The minimum absolute atomic E-state index is 0.127. The summed E-state index contributed by atoms with van der Waals surface area (Å²) in [7, 11) is 26.9. The van der Waals surface area contributed by atoms with Crippen molar-refractivity contribution in [3.63, 3.8) is 0 Å². The molecule has 104 heavy (non-hydrogen) atoms. The van der Waals surface area contributed by atoms with Crippen LogP contribution in [-0.2, 0) is 9.68 Å². The highest BCUT2D eigenvalue weighted by Crippen LogP contribution is 2.19. The van der Waals surface area contributed by atoms with Crippen LogP contribution >= 0.6 is 0 Å². The molecule has 0 aromatic carbocycles. The van der Waals surface area contributed by atoms with Crippen LogP contribution in [0.2, 0.25) is 0 Å². The molecule has 0 spiro atoms. The Kier molecular flexibility index (Phi) is 73.1. The number of hydroxylamine groups is 2. The zero-order valence-corrected chi connectivity index (χ0v) is 71.0. The van der Waals surface area contributed by atoms with Crippen LogP contribution in [0, 0.1) is 0 Å². The number of hydrogen-bond donors (Lipinski definition) is 1. The molecule has 0 amide bonds. The Balaban J connectivity index is -0.000000159. The van der Waals surface area contributed by atoms with Gasteiger partial charge in [0.2, 0.25) is 5.88 Å². The molecular formula is C75H143N27O2. The van der Waals surface area contributed by atoms with Crippen molar-refractivity contribution in [3.8, 4) is 0 Å². The fraction of sp³-hybridized carbons (Fsp3) is 0.493. The maximum atomic E-state index is 5.25. The number of oxime groups is 1.